The van der Waals surface area contributed by atoms with Gasteiger partial charge in [0.2, 0.25) is 0 Å². The molecular formula is C14H21BrFN. The fourth-order valence-corrected chi connectivity index (χ4v) is 2.23. The van der Waals surface area contributed by atoms with Gasteiger partial charge in [-0.05, 0) is 56.0 Å². The van der Waals surface area contributed by atoms with Crippen LogP contribution in [0.15, 0.2) is 22.7 Å². The highest BCUT2D eigenvalue weighted by Crippen LogP contribution is 2.19. The van der Waals surface area contributed by atoms with Gasteiger partial charge in [0.1, 0.15) is 5.82 Å². The molecule has 1 aromatic rings. The van der Waals surface area contributed by atoms with Gasteiger partial charge in [-0.1, -0.05) is 35.8 Å². The van der Waals surface area contributed by atoms with Gasteiger partial charge in [-0.15, -0.1) is 0 Å². The predicted molar refractivity (Wildman–Crippen MR) is 74.7 cm³/mol. The predicted octanol–water partition coefficient (Wildman–Crippen LogP) is 4.16. The first kappa shape index (κ1) is 14.7. The smallest absolute Gasteiger partial charge is 0.124 e. The summed E-state index contributed by atoms with van der Waals surface area (Å²) in [5.74, 6) is 0.528. The van der Waals surface area contributed by atoms with Crippen LogP contribution in [-0.4, -0.2) is 13.1 Å². The topological polar surface area (TPSA) is 12.0 Å². The Hall–Kier alpha value is -0.410. The number of halogens is 2. The third-order valence-corrected chi connectivity index (χ3v) is 3.36. The van der Waals surface area contributed by atoms with Crippen LogP contribution >= 0.6 is 15.9 Å². The van der Waals surface area contributed by atoms with Crippen molar-refractivity contribution in [2.75, 3.05) is 13.1 Å². The van der Waals surface area contributed by atoms with Gasteiger partial charge in [-0.25, -0.2) is 4.39 Å². The lowest BCUT2D eigenvalue weighted by molar-refractivity contribution is 0.535. The van der Waals surface area contributed by atoms with Gasteiger partial charge in [0, 0.05) is 4.47 Å². The molecule has 0 radical (unpaired) electrons. The summed E-state index contributed by atoms with van der Waals surface area (Å²) in [4.78, 5) is 0. The van der Waals surface area contributed by atoms with Crippen molar-refractivity contribution in [1.29, 1.82) is 0 Å². The Morgan fingerprint density at radius 3 is 2.71 bits per heavy atom. The van der Waals surface area contributed by atoms with Crippen molar-refractivity contribution in [3.05, 3.63) is 34.1 Å². The summed E-state index contributed by atoms with van der Waals surface area (Å²) < 4.78 is 13.8. The molecule has 96 valence electrons. The first-order valence-electron chi connectivity index (χ1n) is 6.24. The van der Waals surface area contributed by atoms with Gasteiger partial charge >= 0.3 is 0 Å². The zero-order valence-corrected chi connectivity index (χ0v) is 12.2. The highest BCUT2D eigenvalue weighted by atomic mass is 79.9. The molecule has 1 rings (SSSR count). The lowest BCUT2D eigenvalue weighted by Gasteiger charge is -2.08. The first-order chi connectivity index (χ1) is 8.09. The molecule has 0 bridgehead atoms. The maximum atomic E-state index is 12.9. The van der Waals surface area contributed by atoms with Crippen LogP contribution in [0.2, 0.25) is 0 Å². The Morgan fingerprint density at radius 1 is 1.29 bits per heavy atom. The third kappa shape index (κ3) is 6.18. The summed E-state index contributed by atoms with van der Waals surface area (Å²) >= 11 is 3.39. The zero-order valence-electron chi connectivity index (χ0n) is 10.6. The minimum Gasteiger partial charge on any atom is -0.316 e. The van der Waals surface area contributed by atoms with Crippen LogP contribution in [0.25, 0.3) is 0 Å². The van der Waals surface area contributed by atoms with Crippen LogP contribution in [0.5, 0.6) is 0 Å². The maximum absolute atomic E-state index is 12.9. The molecule has 0 atom stereocenters. The molecule has 0 saturated heterocycles. The van der Waals surface area contributed by atoms with Gasteiger partial charge in [0.05, 0.1) is 0 Å². The third-order valence-electron chi connectivity index (χ3n) is 2.62. The summed E-state index contributed by atoms with van der Waals surface area (Å²) in [5, 5.41) is 3.42. The minimum absolute atomic E-state index is 0.181. The average molecular weight is 302 g/mol. The molecule has 0 fully saturated rings. The average Bonchev–Trinajstić information content (AvgIpc) is 2.25. The lowest BCUT2D eigenvalue weighted by atomic mass is 10.1. The number of benzene rings is 1. The summed E-state index contributed by atoms with van der Waals surface area (Å²) in [5.41, 5.74) is 1.19. The van der Waals surface area contributed by atoms with E-state index in [1.165, 1.54) is 17.7 Å². The number of hydrogen-bond donors (Lipinski definition) is 1. The Bertz CT molecular complexity index is 339. The number of unbranched alkanes of at least 4 members (excludes halogenated alkanes) is 1. The van der Waals surface area contributed by atoms with Crippen molar-refractivity contribution in [1.82, 2.24) is 5.32 Å². The second-order valence-electron chi connectivity index (χ2n) is 4.79. The van der Waals surface area contributed by atoms with Crippen molar-refractivity contribution in [2.45, 2.75) is 33.1 Å². The number of aryl methyl sites for hydroxylation is 1. The Morgan fingerprint density at radius 2 is 2.06 bits per heavy atom. The number of rotatable bonds is 7. The van der Waals surface area contributed by atoms with E-state index in [4.69, 9.17) is 0 Å². The van der Waals surface area contributed by atoms with Gasteiger partial charge < -0.3 is 5.32 Å². The van der Waals surface area contributed by atoms with E-state index >= 15 is 0 Å². The SMILES string of the molecule is CC(C)CNCCCCc1ccc(F)cc1Br. The summed E-state index contributed by atoms with van der Waals surface area (Å²) in [6.45, 7) is 6.57. The van der Waals surface area contributed by atoms with E-state index in [0.29, 0.717) is 5.92 Å². The Labute approximate surface area is 112 Å². The number of hydrogen-bond acceptors (Lipinski definition) is 1. The molecule has 1 N–H and O–H groups in total. The lowest BCUT2D eigenvalue weighted by Crippen LogP contribution is -2.20. The first-order valence-corrected chi connectivity index (χ1v) is 7.03. The molecule has 0 unspecified atom stereocenters. The van der Waals surface area contributed by atoms with E-state index < -0.39 is 0 Å². The van der Waals surface area contributed by atoms with Gasteiger partial charge in [-0.2, -0.15) is 0 Å². The Kier molecular flexibility index (Phi) is 6.75. The van der Waals surface area contributed by atoms with Crippen molar-refractivity contribution >= 4 is 15.9 Å². The van der Waals surface area contributed by atoms with E-state index in [1.54, 1.807) is 0 Å². The number of nitrogens with one attached hydrogen (secondary N) is 1. The monoisotopic (exact) mass is 301 g/mol. The normalized spacial score (nSPS) is 11.1. The second-order valence-corrected chi connectivity index (χ2v) is 5.65. The molecule has 1 nitrogen and oxygen atoms in total. The van der Waals surface area contributed by atoms with Crippen LogP contribution in [0.4, 0.5) is 4.39 Å². The molecule has 0 spiro atoms. The fourth-order valence-electron chi connectivity index (χ4n) is 1.68. The van der Waals surface area contributed by atoms with Crippen LogP contribution in [0.1, 0.15) is 32.3 Å². The van der Waals surface area contributed by atoms with Crippen LogP contribution in [0, 0.1) is 11.7 Å². The molecule has 3 heteroatoms. The highest BCUT2D eigenvalue weighted by Gasteiger charge is 2.01. The molecule has 0 saturated carbocycles. The molecule has 0 aliphatic carbocycles. The molecule has 17 heavy (non-hydrogen) atoms. The largest absolute Gasteiger partial charge is 0.316 e. The second kappa shape index (κ2) is 7.83. The fraction of sp³-hybridized carbons (Fsp3) is 0.571. The van der Waals surface area contributed by atoms with Crippen LogP contribution in [0.3, 0.4) is 0 Å². The summed E-state index contributed by atoms with van der Waals surface area (Å²) in [6.07, 6.45) is 3.30. The molecule has 0 aliphatic heterocycles. The van der Waals surface area contributed by atoms with Crippen molar-refractivity contribution in [2.24, 2.45) is 5.92 Å². The summed E-state index contributed by atoms with van der Waals surface area (Å²) in [7, 11) is 0. The van der Waals surface area contributed by atoms with Crippen LogP contribution in [-0.2, 0) is 6.42 Å². The van der Waals surface area contributed by atoms with E-state index in [1.807, 2.05) is 6.07 Å². The maximum Gasteiger partial charge on any atom is 0.124 e. The van der Waals surface area contributed by atoms with E-state index in [-0.39, 0.29) is 5.82 Å². The van der Waals surface area contributed by atoms with Crippen molar-refractivity contribution in [3.63, 3.8) is 0 Å². The molecule has 0 aliphatic rings. The van der Waals surface area contributed by atoms with E-state index in [2.05, 4.69) is 35.1 Å². The van der Waals surface area contributed by atoms with E-state index in [9.17, 15) is 4.39 Å². The van der Waals surface area contributed by atoms with Gasteiger partial charge in [0.15, 0.2) is 0 Å². The summed E-state index contributed by atoms with van der Waals surface area (Å²) in [6, 6.07) is 4.92. The standard InChI is InChI=1S/C14H21BrFN/c1-11(2)10-17-8-4-3-5-12-6-7-13(16)9-14(12)15/h6-7,9,11,17H,3-5,8,10H2,1-2H3. The van der Waals surface area contributed by atoms with Crippen molar-refractivity contribution < 1.29 is 4.39 Å². The highest BCUT2D eigenvalue weighted by molar-refractivity contribution is 9.10. The molecule has 0 amide bonds. The minimum atomic E-state index is -0.181. The Balaban J connectivity index is 2.18. The van der Waals surface area contributed by atoms with Gasteiger partial charge in [0.25, 0.3) is 0 Å². The molecular weight excluding hydrogens is 281 g/mol. The quantitative estimate of drug-likeness (QED) is 0.746. The van der Waals surface area contributed by atoms with E-state index in [0.717, 1.165) is 36.8 Å². The van der Waals surface area contributed by atoms with Crippen LogP contribution < -0.4 is 5.32 Å². The molecule has 0 aromatic heterocycles. The zero-order chi connectivity index (χ0) is 12.7. The van der Waals surface area contributed by atoms with Gasteiger partial charge in [-0.3, -0.25) is 0 Å². The molecule has 0 heterocycles. The molecule has 1 aromatic carbocycles. The van der Waals surface area contributed by atoms with Crippen molar-refractivity contribution in [3.8, 4) is 0 Å².